The summed E-state index contributed by atoms with van der Waals surface area (Å²) in [5.74, 6) is 1.49. The predicted molar refractivity (Wildman–Crippen MR) is 66.6 cm³/mol. The van der Waals surface area contributed by atoms with Crippen molar-refractivity contribution in [2.24, 2.45) is 0 Å². The lowest BCUT2D eigenvalue weighted by molar-refractivity contribution is 0.449. The number of rotatable bonds is 2. The minimum Gasteiger partial charge on any atom is -0.508 e. The van der Waals surface area contributed by atoms with Crippen LogP contribution in [0.15, 0.2) is 47.4 Å². The second-order valence-electron chi connectivity index (χ2n) is 3.57. The van der Waals surface area contributed by atoms with Gasteiger partial charge < -0.3 is 9.84 Å². The smallest absolute Gasteiger partial charge is 0.140 e. The van der Waals surface area contributed by atoms with Crippen LogP contribution in [-0.4, -0.2) is 5.11 Å². The molecule has 0 unspecified atom stereocenters. The predicted octanol–water partition coefficient (Wildman–Crippen LogP) is 3.78. The van der Waals surface area contributed by atoms with Gasteiger partial charge in [0.15, 0.2) is 0 Å². The summed E-state index contributed by atoms with van der Waals surface area (Å²) in [6.45, 7) is 1.90. The Hall–Kier alpha value is -1.61. The van der Waals surface area contributed by atoms with Crippen LogP contribution in [-0.2, 0) is 0 Å². The number of aromatic hydroxyl groups is 1. The third-order valence-electron chi connectivity index (χ3n) is 2.13. The molecule has 16 heavy (non-hydrogen) atoms. The molecule has 0 amide bonds. The topological polar surface area (TPSA) is 29.5 Å². The third-order valence-corrected chi connectivity index (χ3v) is 2.50. The fourth-order valence-electron chi connectivity index (χ4n) is 1.46. The van der Waals surface area contributed by atoms with Crippen LogP contribution < -0.4 is 4.74 Å². The van der Waals surface area contributed by atoms with Crippen molar-refractivity contribution in [2.45, 2.75) is 11.8 Å². The number of phenolic OH excluding ortho intramolecular Hbond substituents is 1. The fourth-order valence-corrected chi connectivity index (χ4v) is 1.66. The van der Waals surface area contributed by atoms with Gasteiger partial charge in [0.1, 0.15) is 17.2 Å². The molecule has 1 N–H and O–H groups in total. The molecule has 0 fully saturated rings. The Bertz CT molecular complexity index is 489. The zero-order chi connectivity index (χ0) is 11.5. The summed E-state index contributed by atoms with van der Waals surface area (Å²) in [7, 11) is 0. The summed E-state index contributed by atoms with van der Waals surface area (Å²) >= 11 is 4.29. The largest absolute Gasteiger partial charge is 0.508 e. The van der Waals surface area contributed by atoms with E-state index in [0.29, 0.717) is 11.5 Å². The zero-order valence-corrected chi connectivity index (χ0v) is 9.74. The molecular formula is C13H12O2S. The molecule has 0 aromatic heterocycles. The number of para-hydroxylation sites is 1. The number of ether oxygens (including phenoxy) is 1. The molecule has 0 atom stereocenters. The quantitative estimate of drug-likeness (QED) is 0.772. The highest BCUT2D eigenvalue weighted by atomic mass is 32.1. The minimum atomic E-state index is 0.201. The van der Waals surface area contributed by atoms with Gasteiger partial charge in [-0.1, -0.05) is 12.1 Å². The zero-order valence-electron chi connectivity index (χ0n) is 8.84. The van der Waals surface area contributed by atoms with Crippen LogP contribution in [0.1, 0.15) is 5.56 Å². The average Bonchev–Trinajstić information content (AvgIpc) is 2.20. The molecular weight excluding hydrogens is 220 g/mol. The van der Waals surface area contributed by atoms with Gasteiger partial charge in [0.25, 0.3) is 0 Å². The molecule has 0 saturated heterocycles. The van der Waals surface area contributed by atoms with E-state index in [1.165, 1.54) is 0 Å². The van der Waals surface area contributed by atoms with E-state index in [1.807, 2.05) is 37.3 Å². The molecule has 0 aliphatic rings. The third kappa shape index (κ3) is 2.49. The molecule has 0 bridgehead atoms. The van der Waals surface area contributed by atoms with E-state index in [1.54, 1.807) is 12.1 Å². The Morgan fingerprint density at radius 2 is 1.88 bits per heavy atom. The second kappa shape index (κ2) is 4.49. The Morgan fingerprint density at radius 3 is 2.56 bits per heavy atom. The lowest BCUT2D eigenvalue weighted by Gasteiger charge is -2.08. The van der Waals surface area contributed by atoms with Gasteiger partial charge in [-0.15, -0.1) is 12.6 Å². The van der Waals surface area contributed by atoms with Crippen molar-refractivity contribution in [3.63, 3.8) is 0 Å². The molecule has 0 radical (unpaired) electrons. The maximum atomic E-state index is 9.44. The Balaban J connectivity index is 2.30. The van der Waals surface area contributed by atoms with Gasteiger partial charge in [-0.25, -0.2) is 0 Å². The molecule has 2 rings (SSSR count). The van der Waals surface area contributed by atoms with Gasteiger partial charge in [-0.3, -0.25) is 0 Å². The number of phenols is 1. The van der Waals surface area contributed by atoms with Crippen LogP contribution in [0.3, 0.4) is 0 Å². The van der Waals surface area contributed by atoms with E-state index in [9.17, 15) is 5.11 Å². The normalized spacial score (nSPS) is 10.1. The van der Waals surface area contributed by atoms with Crippen molar-refractivity contribution in [2.75, 3.05) is 0 Å². The van der Waals surface area contributed by atoms with Crippen LogP contribution in [0.2, 0.25) is 0 Å². The summed E-state index contributed by atoms with van der Waals surface area (Å²) in [6, 6.07) is 12.6. The molecule has 0 aliphatic heterocycles. The van der Waals surface area contributed by atoms with E-state index in [4.69, 9.17) is 4.74 Å². The molecule has 0 spiro atoms. The summed E-state index contributed by atoms with van der Waals surface area (Å²) < 4.78 is 5.63. The van der Waals surface area contributed by atoms with Gasteiger partial charge in [0, 0.05) is 11.0 Å². The molecule has 0 saturated carbocycles. The van der Waals surface area contributed by atoms with E-state index < -0.39 is 0 Å². The van der Waals surface area contributed by atoms with E-state index in [-0.39, 0.29) is 5.75 Å². The first-order valence-electron chi connectivity index (χ1n) is 4.91. The summed E-state index contributed by atoms with van der Waals surface area (Å²) in [4.78, 5) is 0.767. The molecule has 2 nitrogen and oxygen atoms in total. The Labute approximate surface area is 99.9 Å². The van der Waals surface area contributed by atoms with Gasteiger partial charge in [-0.2, -0.15) is 0 Å². The minimum absolute atomic E-state index is 0.201. The van der Waals surface area contributed by atoms with Crippen molar-refractivity contribution < 1.29 is 9.84 Å². The number of hydrogen-bond acceptors (Lipinski definition) is 3. The first kappa shape index (κ1) is 10.9. The van der Waals surface area contributed by atoms with Gasteiger partial charge >= 0.3 is 0 Å². The van der Waals surface area contributed by atoms with Crippen molar-refractivity contribution in [3.8, 4) is 17.2 Å². The van der Waals surface area contributed by atoms with Crippen molar-refractivity contribution in [1.29, 1.82) is 0 Å². The Morgan fingerprint density at radius 1 is 1.12 bits per heavy atom. The van der Waals surface area contributed by atoms with Crippen LogP contribution in [0.5, 0.6) is 17.2 Å². The van der Waals surface area contributed by atoms with Crippen molar-refractivity contribution in [1.82, 2.24) is 0 Å². The maximum Gasteiger partial charge on any atom is 0.140 e. The van der Waals surface area contributed by atoms with Crippen molar-refractivity contribution in [3.05, 3.63) is 48.0 Å². The lowest BCUT2D eigenvalue weighted by atomic mass is 10.2. The average molecular weight is 232 g/mol. The molecule has 3 heteroatoms. The summed E-state index contributed by atoms with van der Waals surface area (Å²) in [5.41, 5.74) is 0.951. The van der Waals surface area contributed by atoms with E-state index >= 15 is 0 Å². The van der Waals surface area contributed by atoms with Crippen LogP contribution >= 0.6 is 12.6 Å². The standard InChI is InChI=1S/C13H12O2S/c1-9-6-10(14)8-11(7-9)15-12-4-2-3-5-13(12)16/h2-8,14,16H,1H3. The monoisotopic (exact) mass is 232 g/mol. The fraction of sp³-hybridized carbons (Fsp3) is 0.0769. The molecule has 0 aliphatic carbocycles. The first-order valence-corrected chi connectivity index (χ1v) is 5.36. The molecule has 0 heterocycles. The molecule has 2 aromatic carbocycles. The SMILES string of the molecule is Cc1cc(O)cc(Oc2ccccc2S)c1. The first-order chi connectivity index (χ1) is 7.65. The summed E-state index contributed by atoms with van der Waals surface area (Å²) in [6.07, 6.45) is 0. The van der Waals surface area contributed by atoms with Gasteiger partial charge in [0.05, 0.1) is 0 Å². The number of benzene rings is 2. The highest BCUT2D eigenvalue weighted by Crippen LogP contribution is 2.30. The van der Waals surface area contributed by atoms with E-state index in [2.05, 4.69) is 12.6 Å². The van der Waals surface area contributed by atoms with Gasteiger partial charge in [-0.05, 0) is 36.8 Å². The summed E-state index contributed by atoms with van der Waals surface area (Å²) in [5, 5.41) is 9.44. The highest BCUT2D eigenvalue weighted by molar-refractivity contribution is 7.80. The number of aryl methyl sites for hydroxylation is 1. The molecule has 2 aromatic rings. The lowest BCUT2D eigenvalue weighted by Crippen LogP contribution is -1.86. The number of hydrogen-bond donors (Lipinski definition) is 2. The highest BCUT2D eigenvalue weighted by Gasteiger charge is 2.02. The van der Waals surface area contributed by atoms with Crippen LogP contribution in [0.25, 0.3) is 0 Å². The second-order valence-corrected chi connectivity index (χ2v) is 4.06. The van der Waals surface area contributed by atoms with E-state index in [0.717, 1.165) is 10.5 Å². The maximum absolute atomic E-state index is 9.44. The molecule has 82 valence electrons. The van der Waals surface area contributed by atoms with Crippen LogP contribution in [0.4, 0.5) is 0 Å². The van der Waals surface area contributed by atoms with Crippen molar-refractivity contribution >= 4 is 12.6 Å². The van der Waals surface area contributed by atoms with Gasteiger partial charge in [0.2, 0.25) is 0 Å². The Kier molecular flexibility index (Phi) is 3.06. The van der Waals surface area contributed by atoms with Crippen LogP contribution in [0, 0.1) is 6.92 Å². The number of thiol groups is 1.